The van der Waals surface area contributed by atoms with E-state index in [9.17, 15) is 8.42 Å². The normalized spacial score (nSPS) is 13.9. The minimum absolute atomic E-state index is 0.178. The third kappa shape index (κ3) is 5.29. The first-order chi connectivity index (χ1) is 9.70. The maximum atomic E-state index is 11.1. The zero-order chi connectivity index (χ0) is 16.1. The molecule has 0 amide bonds. The second-order valence-electron chi connectivity index (χ2n) is 6.12. The van der Waals surface area contributed by atoms with E-state index in [-0.39, 0.29) is 5.41 Å². The van der Waals surface area contributed by atoms with Crippen LogP contribution in [0, 0.1) is 0 Å². The van der Waals surface area contributed by atoms with Crippen LogP contribution in [0.3, 0.4) is 0 Å². The lowest BCUT2D eigenvalue weighted by Gasteiger charge is -2.23. The molecule has 0 spiro atoms. The van der Waals surface area contributed by atoms with Gasteiger partial charge >= 0.3 is 0 Å². The summed E-state index contributed by atoms with van der Waals surface area (Å²) in [4.78, 5) is 0. The maximum Gasteiger partial charge on any atom is 0.271 e. The molecule has 0 radical (unpaired) electrons. The zero-order valence-corrected chi connectivity index (χ0v) is 14.0. The molecule has 0 saturated heterocycles. The summed E-state index contributed by atoms with van der Waals surface area (Å²) in [5.74, 6) is 0. The van der Waals surface area contributed by atoms with Crippen LogP contribution in [-0.2, 0) is 22.0 Å². The van der Waals surface area contributed by atoms with Crippen LogP contribution in [0.25, 0.3) is 0 Å². The third-order valence-corrected chi connectivity index (χ3v) is 5.41. The largest absolute Gasteiger partial charge is 0.285 e. The van der Waals surface area contributed by atoms with Crippen LogP contribution < -0.4 is 0 Å². The average Bonchev–Trinajstić information content (AvgIpc) is 2.42. The fourth-order valence-electron chi connectivity index (χ4n) is 2.22. The summed E-state index contributed by atoms with van der Waals surface area (Å²) in [6, 6.07) is 8.49. The van der Waals surface area contributed by atoms with E-state index in [4.69, 9.17) is 4.55 Å². The quantitative estimate of drug-likeness (QED) is 0.580. The van der Waals surface area contributed by atoms with Gasteiger partial charge in [0.1, 0.15) is 5.25 Å². The van der Waals surface area contributed by atoms with Gasteiger partial charge in [0.05, 0.1) is 0 Å². The molecule has 118 valence electrons. The molecule has 0 aliphatic carbocycles. The predicted octanol–water partition coefficient (Wildman–Crippen LogP) is 4.14. The van der Waals surface area contributed by atoms with Gasteiger partial charge in [-0.3, -0.25) is 4.55 Å². The summed E-state index contributed by atoms with van der Waals surface area (Å²) < 4.78 is 31.2. The molecule has 0 aromatic heterocycles. The first kappa shape index (κ1) is 17.9. The van der Waals surface area contributed by atoms with E-state index < -0.39 is 15.4 Å². The highest BCUT2D eigenvalue weighted by Crippen LogP contribution is 2.27. The lowest BCUT2D eigenvalue weighted by Crippen LogP contribution is -2.17. The minimum atomic E-state index is -4.02. The summed E-state index contributed by atoms with van der Waals surface area (Å²) in [5, 5.41) is -0.865. The average molecular weight is 310 g/mol. The zero-order valence-electron chi connectivity index (χ0n) is 13.2. The van der Waals surface area contributed by atoms with Gasteiger partial charge in [0.25, 0.3) is 10.1 Å². The van der Waals surface area contributed by atoms with E-state index in [1.807, 2.05) is 0 Å². The van der Waals surface area contributed by atoms with Crippen LogP contribution in [-0.4, -0.2) is 18.2 Å². The van der Waals surface area contributed by atoms with Crippen molar-refractivity contribution in [1.82, 2.24) is 0 Å². The van der Waals surface area contributed by atoms with E-state index in [1.54, 1.807) is 0 Å². The van der Waals surface area contributed by atoms with Gasteiger partial charge in [-0.05, 0) is 42.2 Å². The minimum Gasteiger partial charge on any atom is -0.285 e. The van der Waals surface area contributed by atoms with E-state index in [0.29, 0.717) is 12.8 Å². The molecule has 1 aromatic rings. The fraction of sp³-hybridized carbons (Fsp3) is 0.529. The molecule has 0 aliphatic rings. The van der Waals surface area contributed by atoms with Gasteiger partial charge in [0.2, 0.25) is 0 Å². The monoisotopic (exact) mass is 310 g/mol. The molecule has 0 heterocycles. The number of hydrogen-bond acceptors (Lipinski definition) is 2. The van der Waals surface area contributed by atoms with Gasteiger partial charge in [-0.1, -0.05) is 51.1 Å². The lowest BCUT2D eigenvalue weighted by molar-refractivity contribution is 0.470. The van der Waals surface area contributed by atoms with Gasteiger partial charge in [0.15, 0.2) is 0 Å². The van der Waals surface area contributed by atoms with E-state index in [1.165, 1.54) is 17.2 Å². The van der Waals surface area contributed by atoms with Crippen molar-refractivity contribution in [1.29, 1.82) is 0 Å². The smallest absolute Gasteiger partial charge is 0.271 e. The van der Waals surface area contributed by atoms with Crippen molar-refractivity contribution in [3.63, 3.8) is 0 Å². The molecule has 0 bridgehead atoms. The Kier molecular flexibility index (Phi) is 6.17. The number of hydrogen-bond donors (Lipinski definition) is 1. The van der Waals surface area contributed by atoms with Gasteiger partial charge < -0.3 is 0 Å². The molecule has 1 rings (SSSR count). The van der Waals surface area contributed by atoms with Crippen LogP contribution in [0.1, 0.15) is 51.2 Å². The van der Waals surface area contributed by atoms with Crippen LogP contribution in [0.5, 0.6) is 0 Å². The fourth-order valence-corrected chi connectivity index (χ4v) is 2.93. The Morgan fingerprint density at radius 1 is 1.29 bits per heavy atom. The van der Waals surface area contributed by atoms with E-state index >= 15 is 0 Å². The van der Waals surface area contributed by atoms with Crippen molar-refractivity contribution in [2.75, 3.05) is 0 Å². The highest BCUT2D eigenvalue weighted by molar-refractivity contribution is 7.86. The van der Waals surface area contributed by atoms with Crippen molar-refractivity contribution in [2.45, 2.75) is 57.1 Å². The molecule has 3 nitrogen and oxygen atoms in total. The van der Waals surface area contributed by atoms with Crippen LogP contribution in [0.4, 0.5) is 0 Å². The third-order valence-electron chi connectivity index (χ3n) is 4.22. The molecule has 1 aromatic carbocycles. The SMILES string of the molecule is C=CC(CCCc1ccc(C(C)(C)CC)cc1)S(=O)(=O)O. The Balaban J connectivity index is 2.60. The highest BCUT2D eigenvalue weighted by Gasteiger charge is 2.19. The molecular weight excluding hydrogens is 284 g/mol. The number of benzene rings is 1. The second kappa shape index (κ2) is 7.23. The second-order valence-corrected chi connectivity index (χ2v) is 7.75. The summed E-state index contributed by atoms with van der Waals surface area (Å²) in [7, 11) is -4.02. The van der Waals surface area contributed by atoms with Crippen molar-refractivity contribution in [3.05, 3.63) is 48.0 Å². The van der Waals surface area contributed by atoms with Crippen LogP contribution >= 0.6 is 0 Å². The lowest BCUT2D eigenvalue weighted by atomic mass is 9.82. The van der Waals surface area contributed by atoms with Crippen molar-refractivity contribution in [2.24, 2.45) is 0 Å². The Hall–Kier alpha value is -1.13. The first-order valence-corrected chi connectivity index (χ1v) is 8.89. The predicted molar refractivity (Wildman–Crippen MR) is 88.2 cm³/mol. The molecule has 1 N–H and O–H groups in total. The van der Waals surface area contributed by atoms with Crippen LogP contribution in [0.2, 0.25) is 0 Å². The summed E-state index contributed by atoms with van der Waals surface area (Å²) in [6.07, 6.45) is 4.27. The maximum absolute atomic E-state index is 11.1. The van der Waals surface area contributed by atoms with Crippen molar-refractivity contribution < 1.29 is 13.0 Å². The molecule has 0 fully saturated rings. The van der Waals surface area contributed by atoms with Gasteiger partial charge in [-0.15, -0.1) is 6.58 Å². The molecule has 4 heteroatoms. The van der Waals surface area contributed by atoms with Gasteiger partial charge in [-0.2, -0.15) is 8.42 Å². The van der Waals surface area contributed by atoms with E-state index in [0.717, 1.165) is 12.8 Å². The number of rotatable bonds is 8. The Labute approximate surface area is 128 Å². The standard InChI is InChI=1S/C17H26O3S/c1-5-16(21(18,19)20)9-7-8-14-10-12-15(13-11-14)17(3,4)6-2/h5,10-13,16H,1,6-9H2,2-4H3,(H,18,19,20). The molecule has 0 saturated carbocycles. The molecule has 0 aliphatic heterocycles. The van der Waals surface area contributed by atoms with Crippen molar-refractivity contribution in [3.8, 4) is 0 Å². The topological polar surface area (TPSA) is 54.4 Å². The Bertz CT molecular complexity index is 556. The van der Waals surface area contributed by atoms with Crippen LogP contribution in [0.15, 0.2) is 36.9 Å². The first-order valence-electron chi connectivity index (χ1n) is 7.39. The van der Waals surface area contributed by atoms with E-state index in [2.05, 4.69) is 51.6 Å². The van der Waals surface area contributed by atoms with Gasteiger partial charge in [-0.25, -0.2) is 0 Å². The van der Waals surface area contributed by atoms with Gasteiger partial charge in [0, 0.05) is 0 Å². The summed E-state index contributed by atoms with van der Waals surface area (Å²) in [6.45, 7) is 10.1. The van der Waals surface area contributed by atoms with Crippen molar-refractivity contribution >= 4 is 10.1 Å². The summed E-state index contributed by atoms with van der Waals surface area (Å²) in [5.41, 5.74) is 2.68. The molecule has 1 atom stereocenters. The molecule has 21 heavy (non-hydrogen) atoms. The highest BCUT2D eigenvalue weighted by atomic mass is 32.2. The Morgan fingerprint density at radius 3 is 2.29 bits per heavy atom. The summed E-state index contributed by atoms with van der Waals surface area (Å²) >= 11 is 0. The molecule has 1 unspecified atom stereocenters. The number of aryl methyl sites for hydroxylation is 1. The molecular formula is C17H26O3S. The Morgan fingerprint density at radius 2 is 1.86 bits per heavy atom.